The molecule has 15 nitrogen and oxygen atoms in total. The molecule has 0 saturated carbocycles. The summed E-state index contributed by atoms with van der Waals surface area (Å²) in [6.45, 7) is 6.73. The number of hydrogen-bond acceptors (Lipinski definition) is 9. The standard InChI is InChI=1S/C29H54N6O9/c1-23(2)29(41)32-19-9-6-12-22-35(44)28(40)16-14-26(38)31-18-8-5-11-21-34(43)27(39)15-13-25(37)30-17-7-4-10-20-33(42)24(3)36/h23,42-44H,4-22H2,1-3H3,(H,30,37)(H,31,38)(H,32,41). The minimum absolute atomic E-state index is 0.00735. The summed E-state index contributed by atoms with van der Waals surface area (Å²) in [5, 5.41) is 39.1. The van der Waals surface area contributed by atoms with Crippen LogP contribution in [-0.2, 0) is 28.8 Å². The number of carbonyl (C=O) groups is 6. The molecule has 0 aromatic rings. The number of carbonyl (C=O) groups excluding carboxylic acids is 6. The maximum atomic E-state index is 12.0. The molecule has 15 heteroatoms. The van der Waals surface area contributed by atoms with Crippen LogP contribution < -0.4 is 16.0 Å². The van der Waals surface area contributed by atoms with Crippen molar-refractivity contribution in [2.45, 2.75) is 104 Å². The van der Waals surface area contributed by atoms with Crippen LogP contribution in [0.25, 0.3) is 0 Å². The molecule has 0 heterocycles. The second-order valence-corrected chi connectivity index (χ2v) is 11.0. The van der Waals surface area contributed by atoms with Crippen molar-refractivity contribution < 1.29 is 44.4 Å². The quantitative estimate of drug-likeness (QED) is 0.0492. The number of nitrogens with one attached hydrogen (secondary N) is 3. The van der Waals surface area contributed by atoms with E-state index < -0.39 is 17.7 Å². The van der Waals surface area contributed by atoms with Crippen LogP contribution in [0.3, 0.4) is 0 Å². The number of hydroxylamine groups is 6. The molecule has 0 aliphatic heterocycles. The summed E-state index contributed by atoms with van der Waals surface area (Å²) in [6, 6.07) is 0. The van der Waals surface area contributed by atoms with E-state index in [1.165, 1.54) is 6.92 Å². The van der Waals surface area contributed by atoms with Crippen LogP contribution in [0.2, 0.25) is 0 Å². The molecule has 0 atom stereocenters. The Morgan fingerprint density at radius 2 is 0.886 bits per heavy atom. The molecule has 6 N–H and O–H groups in total. The SMILES string of the molecule is CC(=O)N(O)CCCCCNC(=O)CCC(=O)N(O)CCCCCNC(=O)CCC(=O)N(O)CCCCCNC(=O)C(C)C. The van der Waals surface area contributed by atoms with Gasteiger partial charge in [-0.25, -0.2) is 15.2 Å². The lowest BCUT2D eigenvalue weighted by Crippen LogP contribution is -2.31. The Labute approximate surface area is 260 Å². The van der Waals surface area contributed by atoms with Crippen LogP contribution in [0.5, 0.6) is 0 Å². The molecule has 44 heavy (non-hydrogen) atoms. The summed E-state index contributed by atoms with van der Waals surface area (Å²) < 4.78 is 0. The van der Waals surface area contributed by atoms with E-state index in [1.807, 2.05) is 13.8 Å². The van der Waals surface area contributed by atoms with Gasteiger partial charge in [0.25, 0.3) is 0 Å². The van der Waals surface area contributed by atoms with Crippen LogP contribution in [-0.4, -0.2) is 106 Å². The predicted molar refractivity (Wildman–Crippen MR) is 160 cm³/mol. The van der Waals surface area contributed by atoms with Crippen LogP contribution in [0.1, 0.15) is 104 Å². The summed E-state index contributed by atoms with van der Waals surface area (Å²) in [5.41, 5.74) is 0. The fourth-order valence-corrected chi connectivity index (χ4v) is 3.84. The minimum Gasteiger partial charge on any atom is -0.356 e. The van der Waals surface area contributed by atoms with Gasteiger partial charge in [0.05, 0.1) is 0 Å². The van der Waals surface area contributed by atoms with Crippen molar-refractivity contribution in [2.75, 3.05) is 39.3 Å². The first kappa shape index (κ1) is 40.7. The van der Waals surface area contributed by atoms with Crippen molar-refractivity contribution >= 4 is 35.4 Å². The van der Waals surface area contributed by atoms with Crippen molar-refractivity contribution in [1.29, 1.82) is 0 Å². The first-order chi connectivity index (χ1) is 20.8. The van der Waals surface area contributed by atoms with E-state index >= 15 is 0 Å². The number of nitrogens with zero attached hydrogens (tertiary/aromatic N) is 3. The van der Waals surface area contributed by atoms with Gasteiger partial charge >= 0.3 is 0 Å². The molecule has 0 radical (unpaired) electrons. The van der Waals surface area contributed by atoms with Crippen LogP contribution in [0.4, 0.5) is 0 Å². The summed E-state index contributed by atoms with van der Waals surface area (Å²) in [7, 11) is 0. The van der Waals surface area contributed by atoms with Crippen LogP contribution >= 0.6 is 0 Å². The number of unbranched alkanes of at least 4 members (excludes halogenated alkanes) is 6. The molecular weight excluding hydrogens is 576 g/mol. The van der Waals surface area contributed by atoms with Gasteiger partial charge in [-0.3, -0.25) is 44.4 Å². The van der Waals surface area contributed by atoms with Gasteiger partial charge in [0, 0.05) is 77.8 Å². The third-order valence-electron chi connectivity index (χ3n) is 6.68. The molecule has 6 amide bonds. The van der Waals surface area contributed by atoms with E-state index in [1.54, 1.807) is 0 Å². The number of rotatable bonds is 25. The van der Waals surface area contributed by atoms with Gasteiger partial charge < -0.3 is 16.0 Å². The number of amides is 6. The Hall–Kier alpha value is -3.30. The maximum absolute atomic E-state index is 12.0. The lowest BCUT2D eigenvalue weighted by molar-refractivity contribution is -0.166. The van der Waals surface area contributed by atoms with E-state index in [9.17, 15) is 44.4 Å². The van der Waals surface area contributed by atoms with Crippen LogP contribution in [0.15, 0.2) is 0 Å². The Morgan fingerprint density at radius 1 is 0.523 bits per heavy atom. The van der Waals surface area contributed by atoms with E-state index in [0.29, 0.717) is 79.8 Å². The van der Waals surface area contributed by atoms with Gasteiger partial charge in [0.15, 0.2) is 0 Å². The normalized spacial score (nSPS) is 10.7. The molecule has 0 unspecified atom stereocenters. The molecular formula is C29H54N6O9. The molecule has 0 aliphatic rings. The predicted octanol–water partition coefficient (Wildman–Crippen LogP) is 1.74. The molecule has 0 aromatic heterocycles. The third kappa shape index (κ3) is 22.3. The second-order valence-electron chi connectivity index (χ2n) is 11.0. The average molecular weight is 631 g/mol. The van der Waals surface area contributed by atoms with E-state index in [0.717, 1.165) is 12.8 Å². The first-order valence-corrected chi connectivity index (χ1v) is 15.6. The van der Waals surface area contributed by atoms with Crippen molar-refractivity contribution in [2.24, 2.45) is 5.92 Å². The highest BCUT2D eigenvalue weighted by Gasteiger charge is 2.14. The smallest absolute Gasteiger partial charge is 0.246 e. The van der Waals surface area contributed by atoms with E-state index in [2.05, 4.69) is 16.0 Å². The van der Waals surface area contributed by atoms with E-state index in [4.69, 9.17) is 0 Å². The van der Waals surface area contributed by atoms with Gasteiger partial charge in [-0.05, 0) is 57.8 Å². The summed E-state index contributed by atoms with van der Waals surface area (Å²) in [4.78, 5) is 70.3. The Bertz CT molecular complexity index is 887. The van der Waals surface area contributed by atoms with E-state index in [-0.39, 0.29) is 69.0 Å². The van der Waals surface area contributed by atoms with Crippen LogP contribution in [0, 0.1) is 5.92 Å². The molecule has 0 spiro atoms. The van der Waals surface area contributed by atoms with Gasteiger partial charge in [-0.15, -0.1) is 0 Å². The largest absolute Gasteiger partial charge is 0.356 e. The minimum atomic E-state index is -0.557. The lowest BCUT2D eigenvalue weighted by Gasteiger charge is -2.15. The Balaban J connectivity index is 3.77. The van der Waals surface area contributed by atoms with Gasteiger partial charge in [0.2, 0.25) is 35.4 Å². The first-order valence-electron chi connectivity index (χ1n) is 15.6. The maximum Gasteiger partial charge on any atom is 0.246 e. The molecule has 0 saturated heterocycles. The lowest BCUT2D eigenvalue weighted by atomic mass is 10.2. The highest BCUT2D eigenvalue weighted by molar-refractivity contribution is 5.83. The highest BCUT2D eigenvalue weighted by atomic mass is 16.5. The molecule has 0 rings (SSSR count). The second kappa shape index (κ2) is 25.1. The molecule has 254 valence electrons. The average Bonchev–Trinajstić information content (AvgIpc) is 2.98. The zero-order valence-electron chi connectivity index (χ0n) is 26.6. The van der Waals surface area contributed by atoms with Gasteiger partial charge in [0.1, 0.15) is 0 Å². The summed E-state index contributed by atoms with van der Waals surface area (Å²) >= 11 is 0. The van der Waals surface area contributed by atoms with Crippen molar-refractivity contribution in [3.05, 3.63) is 0 Å². The van der Waals surface area contributed by atoms with Gasteiger partial charge in [-0.1, -0.05) is 13.8 Å². The number of hydrogen-bond donors (Lipinski definition) is 6. The monoisotopic (exact) mass is 630 g/mol. The summed E-state index contributed by atoms with van der Waals surface area (Å²) in [6.07, 6.45) is 5.45. The zero-order chi connectivity index (χ0) is 33.3. The van der Waals surface area contributed by atoms with Crippen molar-refractivity contribution in [3.8, 4) is 0 Å². The highest BCUT2D eigenvalue weighted by Crippen LogP contribution is 2.04. The van der Waals surface area contributed by atoms with Crippen molar-refractivity contribution in [3.63, 3.8) is 0 Å². The molecule has 0 aromatic carbocycles. The Morgan fingerprint density at radius 3 is 1.25 bits per heavy atom. The zero-order valence-corrected chi connectivity index (χ0v) is 26.6. The topological polar surface area (TPSA) is 209 Å². The fourth-order valence-electron chi connectivity index (χ4n) is 3.84. The Kier molecular flexibility index (Phi) is 23.2. The molecule has 0 aliphatic carbocycles. The third-order valence-corrected chi connectivity index (χ3v) is 6.68. The van der Waals surface area contributed by atoms with Crippen molar-refractivity contribution in [1.82, 2.24) is 31.1 Å². The van der Waals surface area contributed by atoms with Gasteiger partial charge in [-0.2, -0.15) is 0 Å². The molecule has 0 bridgehead atoms. The summed E-state index contributed by atoms with van der Waals surface area (Å²) in [5.74, 6) is -2.20. The molecule has 0 fully saturated rings. The fraction of sp³-hybridized carbons (Fsp3) is 0.793.